The molecule has 0 aliphatic carbocycles. The van der Waals surface area contributed by atoms with Crippen LogP contribution in [0.25, 0.3) is 27.2 Å². The normalized spacial score (nSPS) is 12.1. The van der Waals surface area contributed by atoms with E-state index in [0.29, 0.717) is 11.3 Å². The summed E-state index contributed by atoms with van der Waals surface area (Å²) in [4.78, 5) is 1.13. The molecule has 0 saturated heterocycles. The number of aromatic nitrogens is 1. The number of hydrogen-bond acceptors (Lipinski definition) is 1. The van der Waals surface area contributed by atoms with Gasteiger partial charge in [0, 0.05) is 16.1 Å². The minimum Gasteiger partial charge on any atom is -0.308 e. The molecular weight excluding hydrogens is 367 g/mol. The van der Waals surface area contributed by atoms with Crippen LogP contribution in [0.15, 0.2) is 54.6 Å². The van der Waals surface area contributed by atoms with Gasteiger partial charge < -0.3 is 4.57 Å². The summed E-state index contributed by atoms with van der Waals surface area (Å²) >= 11 is 1.59. The topological polar surface area (TPSA) is 4.93 Å². The Kier molecular flexibility index (Phi) is 4.15. The Morgan fingerprint density at radius 1 is 0.815 bits per heavy atom. The van der Waals surface area contributed by atoms with Gasteiger partial charge in [-0.2, -0.15) is 13.2 Å². The Hall–Kier alpha value is -2.53. The molecule has 2 aromatic heterocycles. The Balaban J connectivity index is 2.05. The van der Waals surface area contributed by atoms with Crippen LogP contribution < -0.4 is 0 Å². The van der Waals surface area contributed by atoms with Crippen molar-refractivity contribution in [3.63, 3.8) is 0 Å². The number of aryl methyl sites for hydroxylation is 3. The summed E-state index contributed by atoms with van der Waals surface area (Å²) in [6.45, 7) is 5.68. The molecule has 1 nitrogen and oxygen atoms in total. The summed E-state index contributed by atoms with van der Waals surface area (Å²) in [5.74, 6) is 0. The fourth-order valence-corrected chi connectivity index (χ4v) is 4.34. The van der Waals surface area contributed by atoms with Gasteiger partial charge in [-0.15, -0.1) is 11.3 Å². The minimum atomic E-state index is -4.41. The Bertz CT molecular complexity index is 1130. The number of thiophene rings is 1. The van der Waals surface area contributed by atoms with Crippen LogP contribution in [0.4, 0.5) is 13.2 Å². The molecule has 27 heavy (non-hydrogen) atoms. The SMILES string of the molecule is Cc1ccc(-n2c(-c3ccc(C)cc3C(F)(F)F)cc3sc(C)cc32)cc1. The third kappa shape index (κ3) is 3.16. The molecule has 0 atom stereocenters. The molecule has 0 spiro atoms. The van der Waals surface area contributed by atoms with Crippen LogP contribution in [0.3, 0.4) is 0 Å². The molecule has 0 saturated carbocycles. The highest BCUT2D eigenvalue weighted by Crippen LogP contribution is 2.42. The van der Waals surface area contributed by atoms with Crippen molar-refractivity contribution < 1.29 is 13.2 Å². The van der Waals surface area contributed by atoms with Crippen molar-refractivity contribution >= 4 is 21.6 Å². The zero-order valence-electron chi connectivity index (χ0n) is 15.2. The molecule has 0 N–H and O–H groups in total. The Morgan fingerprint density at radius 3 is 2.15 bits per heavy atom. The van der Waals surface area contributed by atoms with E-state index in [1.54, 1.807) is 30.4 Å². The second-order valence-electron chi connectivity index (χ2n) is 6.85. The van der Waals surface area contributed by atoms with Gasteiger partial charge in [0.1, 0.15) is 0 Å². The fraction of sp³-hybridized carbons (Fsp3) is 0.182. The van der Waals surface area contributed by atoms with Gasteiger partial charge in [0.25, 0.3) is 0 Å². The smallest absolute Gasteiger partial charge is 0.308 e. The van der Waals surface area contributed by atoms with Crippen molar-refractivity contribution in [2.75, 3.05) is 0 Å². The first-order valence-corrected chi connectivity index (χ1v) is 9.43. The van der Waals surface area contributed by atoms with Gasteiger partial charge in [-0.1, -0.05) is 35.4 Å². The summed E-state index contributed by atoms with van der Waals surface area (Å²) in [6, 6.07) is 16.3. The van der Waals surface area contributed by atoms with Crippen molar-refractivity contribution in [2.24, 2.45) is 0 Å². The van der Waals surface area contributed by atoms with Gasteiger partial charge in [-0.25, -0.2) is 0 Å². The molecule has 2 aromatic carbocycles. The van der Waals surface area contributed by atoms with E-state index < -0.39 is 11.7 Å². The predicted octanol–water partition coefficient (Wildman–Crippen LogP) is 7.30. The zero-order chi connectivity index (χ0) is 19.3. The number of rotatable bonds is 2. The van der Waals surface area contributed by atoms with Gasteiger partial charge in [-0.05, 0) is 51.1 Å². The van der Waals surface area contributed by atoms with E-state index in [-0.39, 0.29) is 5.56 Å². The van der Waals surface area contributed by atoms with Crippen LogP contribution in [-0.4, -0.2) is 4.57 Å². The van der Waals surface area contributed by atoms with Crippen molar-refractivity contribution in [1.82, 2.24) is 4.57 Å². The molecule has 4 rings (SSSR count). The Morgan fingerprint density at radius 2 is 1.48 bits per heavy atom. The van der Waals surface area contributed by atoms with Crippen LogP contribution in [-0.2, 0) is 6.18 Å². The van der Waals surface area contributed by atoms with Crippen molar-refractivity contribution in [3.8, 4) is 16.9 Å². The first kappa shape index (κ1) is 17.9. The fourth-order valence-electron chi connectivity index (χ4n) is 3.40. The molecule has 0 amide bonds. The van der Waals surface area contributed by atoms with Crippen LogP contribution >= 0.6 is 11.3 Å². The first-order valence-electron chi connectivity index (χ1n) is 8.61. The average molecular weight is 385 g/mol. The largest absolute Gasteiger partial charge is 0.417 e. The molecule has 4 aromatic rings. The summed E-state index contributed by atoms with van der Waals surface area (Å²) in [7, 11) is 0. The average Bonchev–Trinajstić information content (AvgIpc) is 3.11. The van der Waals surface area contributed by atoms with E-state index in [1.165, 1.54) is 6.07 Å². The monoisotopic (exact) mass is 385 g/mol. The standard InChI is InChI=1S/C22H18F3NS/c1-13-4-7-16(8-5-13)26-19(12-21-20(26)11-15(3)27-21)17-9-6-14(2)10-18(17)22(23,24)25/h4-12H,1-3H3. The van der Waals surface area contributed by atoms with Crippen LogP contribution in [0.2, 0.25) is 0 Å². The molecule has 0 fully saturated rings. The van der Waals surface area contributed by atoms with Crippen LogP contribution in [0.5, 0.6) is 0 Å². The van der Waals surface area contributed by atoms with E-state index >= 15 is 0 Å². The Labute approximate surface area is 159 Å². The lowest BCUT2D eigenvalue weighted by atomic mass is 10.0. The lowest BCUT2D eigenvalue weighted by Gasteiger charge is -2.17. The van der Waals surface area contributed by atoms with Gasteiger partial charge in [0.2, 0.25) is 0 Å². The van der Waals surface area contributed by atoms with Gasteiger partial charge in [-0.3, -0.25) is 0 Å². The van der Waals surface area contributed by atoms with E-state index in [1.807, 2.05) is 54.8 Å². The zero-order valence-corrected chi connectivity index (χ0v) is 16.0. The van der Waals surface area contributed by atoms with Gasteiger partial charge >= 0.3 is 6.18 Å². The van der Waals surface area contributed by atoms with Gasteiger partial charge in [0.05, 0.1) is 21.5 Å². The molecular formula is C22H18F3NS. The number of halogens is 3. The van der Waals surface area contributed by atoms with E-state index in [9.17, 15) is 13.2 Å². The van der Waals surface area contributed by atoms with E-state index in [2.05, 4.69) is 0 Å². The van der Waals surface area contributed by atoms with Crippen molar-refractivity contribution in [2.45, 2.75) is 26.9 Å². The number of nitrogens with zero attached hydrogens (tertiary/aromatic N) is 1. The van der Waals surface area contributed by atoms with Crippen molar-refractivity contribution in [3.05, 3.63) is 76.2 Å². The maximum atomic E-state index is 13.7. The number of alkyl halides is 3. The second kappa shape index (κ2) is 6.27. The number of fused-ring (bicyclic) bond motifs is 1. The molecule has 0 bridgehead atoms. The van der Waals surface area contributed by atoms with Crippen LogP contribution in [0, 0.1) is 20.8 Å². The summed E-state index contributed by atoms with van der Waals surface area (Å²) in [5, 5.41) is 0. The highest BCUT2D eigenvalue weighted by Gasteiger charge is 2.34. The molecule has 0 aliphatic heterocycles. The highest BCUT2D eigenvalue weighted by molar-refractivity contribution is 7.19. The van der Waals surface area contributed by atoms with Crippen LogP contribution in [0.1, 0.15) is 21.6 Å². The molecule has 5 heteroatoms. The number of hydrogen-bond donors (Lipinski definition) is 0. The molecule has 0 aliphatic rings. The maximum Gasteiger partial charge on any atom is 0.417 e. The van der Waals surface area contributed by atoms with Crippen molar-refractivity contribution in [1.29, 1.82) is 0 Å². The molecule has 0 unspecified atom stereocenters. The molecule has 138 valence electrons. The predicted molar refractivity (Wildman–Crippen MR) is 106 cm³/mol. The van der Waals surface area contributed by atoms with E-state index in [0.717, 1.165) is 26.3 Å². The summed E-state index contributed by atoms with van der Waals surface area (Å²) < 4.78 is 44.1. The summed E-state index contributed by atoms with van der Waals surface area (Å²) in [5.41, 5.74) is 3.66. The minimum absolute atomic E-state index is 0.203. The van der Waals surface area contributed by atoms with Gasteiger partial charge in [0.15, 0.2) is 0 Å². The first-order chi connectivity index (χ1) is 12.7. The lowest BCUT2D eigenvalue weighted by Crippen LogP contribution is -2.09. The quantitative estimate of drug-likeness (QED) is 0.341. The molecule has 2 heterocycles. The maximum absolute atomic E-state index is 13.7. The highest BCUT2D eigenvalue weighted by atomic mass is 32.1. The number of benzene rings is 2. The third-order valence-electron chi connectivity index (χ3n) is 4.66. The third-order valence-corrected chi connectivity index (χ3v) is 5.65. The lowest BCUT2D eigenvalue weighted by molar-refractivity contribution is -0.137. The molecule has 0 radical (unpaired) electrons. The van der Waals surface area contributed by atoms with E-state index in [4.69, 9.17) is 0 Å². The summed E-state index contributed by atoms with van der Waals surface area (Å²) in [6.07, 6.45) is -4.41. The second-order valence-corrected chi connectivity index (χ2v) is 8.14.